The Morgan fingerprint density at radius 3 is 2.32 bits per heavy atom. The van der Waals surface area contributed by atoms with Crippen LogP contribution in [0.1, 0.15) is 26.7 Å². The molecule has 2 aromatic carbocycles. The molecular formula is C27H27Cl3N6O. The van der Waals surface area contributed by atoms with Crippen LogP contribution in [0.25, 0.3) is 27.8 Å². The summed E-state index contributed by atoms with van der Waals surface area (Å²) in [6, 6.07) is 15.0. The van der Waals surface area contributed by atoms with Gasteiger partial charge in [0.1, 0.15) is 11.1 Å². The van der Waals surface area contributed by atoms with Crippen LogP contribution in [0, 0.1) is 0 Å². The summed E-state index contributed by atoms with van der Waals surface area (Å²) in [5.74, 6) is 0.429. The van der Waals surface area contributed by atoms with Gasteiger partial charge in [0.25, 0.3) is 0 Å². The van der Waals surface area contributed by atoms with Crippen molar-refractivity contribution in [1.82, 2.24) is 20.1 Å². The van der Waals surface area contributed by atoms with E-state index in [-0.39, 0.29) is 11.9 Å². The van der Waals surface area contributed by atoms with Gasteiger partial charge in [-0.15, -0.1) is 0 Å². The summed E-state index contributed by atoms with van der Waals surface area (Å²) in [5.41, 5.74) is 8.33. The van der Waals surface area contributed by atoms with Gasteiger partial charge in [-0.3, -0.25) is 4.79 Å². The van der Waals surface area contributed by atoms with E-state index in [2.05, 4.69) is 10.2 Å². The number of piperidine rings is 1. The standard InChI is InChI=1S/C27H27Cl3N6O/c1-16(2)33-27(26(31)37)10-13-35(14-11-27)25-23-20(9-12-32-25)24(17-3-5-18(28)6-4-17)36(34-23)22-8-7-19(29)15-21(22)30/h3-9,12,15-16,33H,10-11,13-14H2,1-2H3,(H2,31,37). The molecule has 0 radical (unpaired) electrons. The minimum absolute atomic E-state index is 0.141. The third-order valence-electron chi connectivity index (χ3n) is 6.78. The molecule has 7 nitrogen and oxygen atoms in total. The van der Waals surface area contributed by atoms with Crippen LogP contribution in [-0.2, 0) is 4.79 Å². The first-order valence-corrected chi connectivity index (χ1v) is 13.2. The number of carbonyl (C=O) groups excluding carboxylic acids is 1. The average Bonchev–Trinajstić information content (AvgIpc) is 3.24. The summed E-state index contributed by atoms with van der Waals surface area (Å²) < 4.78 is 1.83. The lowest BCUT2D eigenvalue weighted by atomic mass is 9.86. The van der Waals surface area contributed by atoms with E-state index in [9.17, 15) is 4.79 Å². The van der Waals surface area contributed by atoms with Crippen LogP contribution >= 0.6 is 34.8 Å². The molecule has 0 unspecified atom stereocenters. The second-order valence-corrected chi connectivity index (χ2v) is 10.9. The van der Waals surface area contributed by atoms with Crippen molar-refractivity contribution in [3.8, 4) is 16.9 Å². The highest BCUT2D eigenvalue weighted by atomic mass is 35.5. The van der Waals surface area contributed by atoms with Crippen molar-refractivity contribution in [1.29, 1.82) is 0 Å². The van der Waals surface area contributed by atoms with Gasteiger partial charge in [0, 0.05) is 46.3 Å². The number of hydrogen-bond acceptors (Lipinski definition) is 5. The fourth-order valence-electron chi connectivity index (χ4n) is 5.06. The van der Waals surface area contributed by atoms with Crippen molar-refractivity contribution in [3.05, 3.63) is 69.8 Å². The number of carbonyl (C=O) groups is 1. The molecule has 0 bridgehead atoms. The molecule has 3 heterocycles. The Morgan fingerprint density at radius 1 is 1.03 bits per heavy atom. The van der Waals surface area contributed by atoms with Gasteiger partial charge < -0.3 is 16.0 Å². The number of amides is 1. The molecule has 5 rings (SSSR count). The van der Waals surface area contributed by atoms with Crippen molar-refractivity contribution in [3.63, 3.8) is 0 Å². The molecule has 0 spiro atoms. The predicted molar refractivity (Wildman–Crippen MR) is 151 cm³/mol. The molecule has 1 aliphatic rings. The maximum atomic E-state index is 12.4. The van der Waals surface area contributed by atoms with Crippen LogP contribution in [0.5, 0.6) is 0 Å². The van der Waals surface area contributed by atoms with Gasteiger partial charge in [0.2, 0.25) is 5.91 Å². The zero-order valence-electron chi connectivity index (χ0n) is 20.5. The van der Waals surface area contributed by atoms with E-state index in [0.717, 1.165) is 28.0 Å². The Morgan fingerprint density at radius 2 is 1.70 bits per heavy atom. The highest BCUT2D eigenvalue weighted by molar-refractivity contribution is 6.35. The fraction of sp³-hybridized carbons (Fsp3) is 0.296. The molecule has 0 saturated carbocycles. The number of nitrogens with zero attached hydrogens (tertiary/aromatic N) is 4. The van der Waals surface area contributed by atoms with E-state index in [1.165, 1.54) is 0 Å². The molecule has 4 aromatic rings. The lowest BCUT2D eigenvalue weighted by Crippen LogP contribution is -2.62. The Kier molecular flexibility index (Phi) is 7.07. The molecule has 1 saturated heterocycles. The number of nitrogens with two attached hydrogens (primary N) is 1. The van der Waals surface area contributed by atoms with E-state index < -0.39 is 5.54 Å². The third kappa shape index (κ3) is 4.89. The lowest BCUT2D eigenvalue weighted by Gasteiger charge is -2.41. The van der Waals surface area contributed by atoms with Gasteiger partial charge in [0.05, 0.1) is 16.4 Å². The van der Waals surface area contributed by atoms with Crippen LogP contribution in [0.15, 0.2) is 54.7 Å². The van der Waals surface area contributed by atoms with E-state index >= 15 is 0 Å². The molecule has 0 aliphatic carbocycles. The first-order chi connectivity index (χ1) is 17.7. The number of fused-ring (bicyclic) bond motifs is 1. The molecule has 0 atom stereocenters. The lowest BCUT2D eigenvalue weighted by molar-refractivity contribution is -0.125. The largest absolute Gasteiger partial charge is 0.368 e. The number of aromatic nitrogens is 3. The summed E-state index contributed by atoms with van der Waals surface area (Å²) in [7, 11) is 0. The second-order valence-electron chi connectivity index (χ2n) is 9.63. The Hall–Kier alpha value is -2.84. The zero-order valence-corrected chi connectivity index (χ0v) is 22.8. The number of nitrogens with one attached hydrogen (secondary N) is 1. The molecule has 2 aromatic heterocycles. The van der Waals surface area contributed by atoms with E-state index in [1.807, 2.05) is 54.9 Å². The maximum Gasteiger partial charge on any atom is 0.237 e. The number of hydrogen-bond donors (Lipinski definition) is 2. The highest BCUT2D eigenvalue weighted by Crippen LogP contribution is 2.38. The minimum atomic E-state index is -0.733. The maximum absolute atomic E-state index is 12.4. The molecule has 1 amide bonds. The topological polar surface area (TPSA) is 89.1 Å². The van der Waals surface area contributed by atoms with Crippen LogP contribution in [0.3, 0.4) is 0 Å². The molecule has 37 heavy (non-hydrogen) atoms. The molecular weight excluding hydrogens is 531 g/mol. The van der Waals surface area contributed by atoms with Crippen LogP contribution in [0.2, 0.25) is 15.1 Å². The Balaban J connectivity index is 1.62. The van der Waals surface area contributed by atoms with Crippen molar-refractivity contribution in [2.24, 2.45) is 5.73 Å². The summed E-state index contributed by atoms with van der Waals surface area (Å²) >= 11 is 19.0. The first kappa shape index (κ1) is 25.8. The average molecular weight is 558 g/mol. The smallest absolute Gasteiger partial charge is 0.237 e. The molecule has 1 fully saturated rings. The number of halogens is 3. The summed E-state index contributed by atoms with van der Waals surface area (Å²) in [5, 5.41) is 11.0. The summed E-state index contributed by atoms with van der Waals surface area (Å²) in [4.78, 5) is 19.3. The summed E-state index contributed by atoms with van der Waals surface area (Å²) in [6.45, 7) is 5.26. The number of rotatable bonds is 6. The van der Waals surface area contributed by atoms with Crippen molar-refractivity contribution >= 4 is 57.4 Å². The van der Waals surface area contributed by atoms with Crippen LogP contribution in [0.4, 0.5) is 5.82 Å². The number of primary amides is 1. The van der Waals surface area contributed by atoms with Gasteiger partial charge >= 0.3 is 0 Å². The number of anilines is 1. The van der Waals surface area contributed by atoms with Crippen LogP contribution < -0.4 is 16.0 Å². The Bertz CT molecular complexity index is 1460. The van der Waals surface area contributed by atoms with Gasteiger partial charge in [-0.25, -0.2) is 9.67 Å². The number of benzene rings is 2. The van der Waals surface area contributed by atoms with Crippen molar-refractivity contribution in [2.75, 3.05) is 18.0 Å². The van der Waals surface area contributed by atoms with E-state index in [0.29, 0.717) is 46.7 Å². The minimum Gasteiger partial charge on any atom is -0.368 e. The van der Waals surface area contributed by atoms with Gasteiger partial charge in [-0.1, -0.05) is 46.9 Å². The molecule has 192 valence electrons. The Labute approximate surface area is 230 Å². The SMILES string of the molecule is CC(C)NC1(C(N)=O)CCN(c2nccc3c(-c4ccc(Cl)cc4)n(-c4ccc(Cl)cc4Cl)nc23)CC1. The van der Waals surface area contributed by atoms with E-state index in [4.69, 9.17) is 50.6 Å². The van der Waals surface area contributed by atoms with Crippen molar-refractivity contribution in [2.45, 2.75) is 38.3 Å². The normalized spacial score (nSPS) is 15.5. The molecule has 10 heteroatoms. The zero-order chi connectivity index (χ0) is 26.3. The highest BCUT2D eigenvalue weighted by Gasteiger charge is 2.41. The molecule has 3 N–H and O–H groups in total. The predicted octanol–water partition coefficient (Wildman–Crippen LogP) is 5.87. The first-order valence-electron chi connectivity index (χ1n) is 12.1. The quantitative estimate of drug-likeness (QED) is 0.309. The van der Waals surface area contributed by atoms with E-state index in [1.54, 1.807) is 18.3 Å². The van der Waals surface area contributed by atoms with Gasteiger partial charge in [-0.2, -0.15) is 5.10 Å². The fourth-order valence-corrected chi connectivity index (χ4v) is 5.67. The summed E-state index contributed by atoms with van der Waals surface area (Å²) in [6.07, 6.45) is 2.94. The third-order valence-corrected chi connectivity index (χ3v) is 7.57. The van der Waals surface area contributed by atoms with Gasteiger partial charge in [-0.05, 0) is 63.1 Å². The van der Waals surface area contributed by atoms with Crippen LogP contribution in [-0.4, -0.2) is 45.3 Å². The molecule has 1 aliphatic heterocycles. The van der Waals surface area contributed by atoms with Gasteiger partial charge in [0.15, 0.2) is 5.82 Å². The second kappa shape index (κ2) is 10.1. The monoisotopic (exact) mass is 556 g/mol. The van der Waals surface area contributed by atoms with Crippen molar-refractivity contribution < 1.29 is 4.79 Å². The number of pyridine rings is 1.